The summed E-state index contributed by atoms with van der Waals surface area (Å²) in [5, 5.41) is 0. The normalized spacial score (nSPS) is 9.82. The van der Waals surface area contributed by atoms with Crippen molar-refractivity contribution in [1.82, 2.24) is 0 Å². The molecule has 1 rings (SSSR count). The van der Waals surface area contributed by atoms with Crippen LogP contribution in [0.15, 0.2) is 12.1 Å². The second kappa shape index (κ2) is 2.86. The number of benzene rings is 1. The van der Waals surface area contributed by atoms with Gasteiger partial charge in [0.15, 0.2) is 0 Å². The molecule has 0 aromatic heterocycles. The van der Waals surface area contributed by atoms with E-state index in [0.29, 0.717) is 0 Å². The zero-order chi connectivity index (χ0) is 8.43. The molecule has 1 aromatic rings. The van der Waals surface area contributed by atoms with Crippen molar-refractivity contribution in [2.75, 3.05) is 19.0 Å². The van der Waals surface area contributed by atoms with E-state index < -0.39 is 11.6 Å². The SMILES string of the molecule is CN(C)c1c(F)c[c]cc1F. The Kier molecular flexibility index (Phi) is 2.08. The molecule has 1 radical (unpaired) electrons. The summed E-state index contributed by atoms with van der Waals surface area (Å²) >= 11 is 0. The van der Waals surface area contributed by atoms with E-state index in [1.54, 1.807) is 14.1 Å². The fourth-order valence-corrected chi connectivity index (χ4v) is 0.866. The first kappa shape index (κ1) is 7.98. The van der Waals surface area contributed by atoms with Gasteiger partial charge >= 0.3 is 0 Å². The van der Waals surface area contributed by atoms with E-state index in [4.69, 9.17) is 0 Å². The zero-order valence-electron chi connectivity index (χ0n) is 6.36. The van der Waals surface area contributed by atoms with Crippen LogP contribution >= 0.6 is 0 Å². The maximum atomic E-state index is 12.8. The van der Waals surface area contributed by atoms with Gasteiger partial charge in [0.25, 0.3) is 0 Å². The molecule has 0 amide bonds. The standard InChI is InChI=1S/C8H8F2N/c1-11(2)8-6(9)4-3-5-7(8)10/h4-5H,1-2H3. The van der Waals surface area contributed by atoms with Crippen molar-refractivity contribution < 1.29 is 8.78 Å². The van der Waals surface area contributed by atoms with Crippen molar-refractivity contribution in [3.05, 3.63) is 29.8 Å². The first-order chi connectivity index (χ1) is 5.13. The Hall–Kier alpha value is -1.12. The van der Waals surface area contributed by atoms with Crippen LogP contribution in [0.25, 0.3) is 0 Å². The lowest BCUT2D eigenvalue weighted by atomic mass is 10.3. The van der Waals surface area contributed by atoms with Gasteiger partial charge in [-0.05, 0) is 18.2 Å². The smallest absolute Gasteiger partial charge is 0.150 e. The van der Waals surface area contributed by atoms with Crippen molar-refractivity contribution in [2.45, 2.75) is 0 Å². The maximum absolute atomic E-state index is 12.8. The minimum absolute atomic E-state index is 0.0243. The third kappa shape index (κ3) is 1.48. The highest BCUT2D eigenvalue weighted by atomic mass is 19.1. The van der Waals surface area contributed by atoms with Crippen LogP contribution in [0.3, 0.4) is 0 Å². The molecule has 3 heteroatoms. The van der Waals surface area contributed by atoms with Crippen LogP contribution in [-0.2, 0) is 0 Å². The molecule has 0 aliphatic heterocycles. The van der Waals surface area contributed by atoms with Gasteiger partial charge in [-0.1, -0.05) is 0 Å². The number of hydrogen-bond acceptors (Lipinski definition) is 1. The summed E-state index contributed by atoms with van der Waals surface area (Å²) in [5.74, 6) is -1.18. The lowest BCUT2D eigenvalue weighted by Crippen LogP contribution is -2.12. The molecule has 1 nitrogen and oxygen atoms in total. The molecule has 0 bridgehead atoms. The molecule has 0 unspecified atom stereocenters. The highest BCUT2D eigenvalue weighted by molar-refractivity contribution is 5.47. The number of anilines is 1. The fraction of sp³-hybridized carbons (Fsp3) is 0.250. The van der Waals surface area contributed by atoms with Crippen LogP contribution < -0.4 is 4.90 Å². The monoisotopic (exact) mass is 156 g/mol. The van der Waals surface area contributed by atoms with Gasteiger partial charge in [-0.3, -0.25) is 0 Å². The summed E-state index contributed by atoms with van der Waals surface area (Å²) < 4.78 is 25.6. The summed E-state index contributed by atoms with van der Waals surface area (Å²) in [6, 6.07) is 4.57. The molecule has 0 saturated carbocycles. The maximum Gasteiger partial charge on any atom is 0.150 e. The van der Waals surface area contributed by atoms with E-state index in [2.05, 4.69) is 6.07 Å². The van der Waals surface area contributed by atoms with E-state index in [1.165, 1.54) is 4.90 Å². The molecule has 0 aliphatic carbocycles. The highest BCUT2D eigenvalue weighted by Gasteiger charge is 2.08. The number of rotatable bonds is 1. The van der Waals surface area contributed by atoms with Gasteiger partial charge < -0.3 is 4.90 Å². The molecule has 59 valence electrons. The van der Waals surface area contributed by atoms with E-state index in [-0.39, 0.29) is 5.69 Å². The van der Waals surface area contributed by atoms with E-state index in [0.717, 1.165) is 12.1 Å². The van der Waals surface area contributed by atoms with Crippen molar-refractivity contribution in [3.63, 3.8) is 0 Å². The molecule has 11 heavy (non-hydrogen) atoms. The number of halogens is 2. The average Bonchev–Trinajstić information content (AvgIpc) is 1.85. The van der Waals surface area contributed by atoms with Crippen LogP contribution in [0.2, 0.25) is 0 Å². The first-order valence-corrected chi connectivity index (χ1v) is 3.15. The average molecular weight is 156 g/mol. The lowest BCUT2D eigenvalue weighted by molar-refractivity contribution is 0.581. The van der Waals surface area contributed by atoms with Gasteiger partial charge in [-0.25, -0.2) is 8.78 Å². The Morgan fingerprint density at radius 1 is 1.18 bits per heavy atom. The largest absolute Gasteiger partial charge is 0.373 e. The highest BCUT2D eigenvalue weighted by Crippen LogP contribution is 2.19. The lowest BCUT2D eigenvalue weighted by Gasteiger charge is -2.13. The minimum Gasteiger partial charge on any atom is -0.373 e. The Labute approximate surface area is 64.3 Å². The zero-order valence-corrected chi connectivity index (χ0v) is 6.36. The molecule has 0 saturated heterocycles. The summed E-state index contributed by atoms with van der Waals surface area (Å²) in [6.45, 7) is 0. The van der Waals surface area contributed by atoms with Crippen LogP contribution in [0, 0.1) is 17.7 Å². The molecule has 0 aliphatic rings. The third-order valence-electron chi connectivity index (χ3n) is 1.32. The molecular weight excluding hydrogens is 148 g/mol. The van der Waals surface area contributed by atoms with Gasteiger partial charge in [0.2, 0.25) is 0 Å². The number of hydrogen-bond donors (Lipinski definition) is 0. The second-order valence-electron chi connectivity index (χ2n) is 2.39. The minimum atomic E-state index is -0.588. The van der Waals surface area contributed by atoms with Gasteiger partial charge in [-0.15, -0.1) is 0 Å². The fourth-order valence-electron chi connectivity index (χ4n) is 0.866. The Morgan fingerprint density at radius 2 is 1.64 bits per heavy atom. The van der Waals surface area contributed by atoms with Crippen molar-refractivity contribution in [2.24, 2.45) is 0 Å². The van der Waals surface area contributed by atoms with Gasteiger partial charge in [0, 0.05) is 14.1 Å². The predicted molar refractivity (Wildman–Crippen MR) is 39.5 cm³/mol. The molecule has 0 N–H and O–H groups in total. The van der Waals surface area contributed by atoms with Crippen molar-refractivity contribution in [3.8, 4) is 0 Å². The number of nitrogens with zero attached hydrogens (tertiary/aromatic N) is 1. The van der Waals surface area contributed by atoms with Gasteiger partial charge in [0.05, 0.1) is 0 Å². The quantitative estimate of drug-likeness (QED) is 0.599. The molecule has 0 spiro atoms. The van der Waals surface area contributed by atoms with Gasteiger partial charge in [0.1, 0.15) is 17.3 Å². The van der Waals surface area contributed by atoms with Crippen molar-refractivity contribution >= 4 is 5.69 Å². The van der Waals surface area contributed by atoms with Crippen LogP contribution in [0.1, 0.15) is 0 Å². The molecule has 0 fully saturated rings. The predicted octanol–water partition coefficient (Wildman–Crippen LogP) is 1.83. The first-order valence-electron chi connectivity index (χ1n) is 3.15. The Bertz CT molecular complexity index is 238. The molecular formula is C8H8F2N. The van der Waals surface area contributed by atoms with Crippen molar-refractivity contribution in [1.29, 1.82) is 0 Å². The molecule has 0 atom stereocenters. The van der Waals surface area contributed by atoms with Crippen LogP contribution in [-0.4, -0.2) is 14.1 Å². The van der Waals surface area contributed by atoms with Crippen LogP contribution in [0.4, 0.5) is 14.5 Å². The Balaban J connectivity index is 3.21. The van der Waals surface area contributed by atoms with Gasteiger partial charge in [-0.2, -0.15) is 0 Å². The summed E-state index contributed by atoms with van der Waals surface area (Å²) in [4.78, 5) is 1.39. The topological polar surface area (TPSA) is 3.24 Å². The third-order valence-corrected chi connectivity index (χ3v) is 1.32. The second-order valence-corrected chi connectivity index (χ2v) is 2.39. The van der Waals surface area contributed by atoms with Crippen LogP contribution in [0.5, 0.6) is 0 Å². The molecule has 0 heterocycles. The van der Waals surface area contributed by atoms with E-state index in [1.807, 2.05) is 0 Å². The molecule has 1 aromatic carbocycles. The Morgan fingerprint density at radius 3 is 1.91 bits per heavy atom. The summed E-state index contributed by atoms with van der Waals surface area (Å²) in [7, 11) is 3.17. The van der Waals surface area contributed by atoms with E-state index >= 15 is 0 Å². The van der Waals surface area contributed by atoms with E-state index in [9.17, 15) is 8.78 Å². The summed E-state index contributed by atoms with van der Waals surface area (Å²) in [6.07, 6.45) is 0. The summed E-state index contributed by atoms with van der Waals surface area (Å²) in [5.41, 5.74) is -0.0243.